The van der Waals surface area contributed by atoms with Crippen molar-refractivity contribution in [3.05, 3.63) is 23.8 Å². The van der Waals surface area contributed by atoms with E-state index in [0.717, 1.165) is 37.1 Å². The van der Waals surface area contributed by atoms with Gasteiger partial charge in [0.25, 0.3) is 0 Å². The van der Waals surface area contributed by atoms with Gasteiger partial charge in [-0.1, -0.05) is 0 Å². The van der Waals surface area contributed by atoms with Crippen LogP contribution < -0.4 is 10.6 Å². The Morgan fingerprint density at radius 1 is 1.43 bits per heavy atom. The standard InChI is InChI=1S/C17H23N3O3/c1-20(8-7-14-4-2-3-9-23-14)17(22)18-13-5-6-15-12(10-13)11-16(21)19-15/h5-6,10,14H,2-4,7-9,11H2,1H3,(H,18,22)(H,19,21). The van der Waals surface area contributed by atoms with Crippen molar-refractivity contribution in [3.8, 4) is 0 Å². The predicted molar refractivity (Wildman–Crippen MR) is 88.6 cm³/mol. The van der Waals surface area contributed by atoms with Crippen LogP contribution in [0.25, 0.3) is 0 Å². The molecule has 6 heteroatoms. The Hall–Kier alpha value is -2.08. The molecule has 0 aromatic heterocycles. The number of ether oxygens (including phenoxy) is 1. The van der Waals surface area contributed by atoms with E-state index >= 15 is 0 Å². The lowest BCUT2D eigenvalue weighted by atomic mass is 10.1. The minimum Gasteiger partial charge on any atom is -0.378 e. The topological polar surface area (TPSA) is 70.7 Å². The monoisotopic (exact) mass is 317 g/mol. The maximum absolute atomic E-state index is 12.2. The lowest BCUT2D eigenvalue weighted by molar-refractivity contribution is -0.115. The van der Waals surface area contributed by atoms with Crippen LogP contribution in [0.1, 0.15) is 31.2 Å². The van der Waals surface area contributed by atoms with Gasteiger partial charge in [-0.15, -0.1) is 0 Å². The van der Waals surface area contributed by atoms with Crippen molar-refractivity contribution in [2.45, 2.75) is 38.2 Å². The summed E-state index contributed by atoms with van der Waals surface area (Å²) in [6, 6.07) is 5.34. The summed E-state index contributed by atoms with van der Waals surface area (Å²) in [6.45, 7) is 1.50. The molecule has 1 aromatic rings. The minimum atomic E-state index is -0.141. The highest BCUT2D eigenvalue weighted by molar-refractivity contribution is 6.00. The molecule has 0 aliphatic carbocycles. The molecule has 0 spiro atoms. The zero-order valence-corrected chi connectivity index (χ0v) is 13.4. The van der Waals surface area contributed by atoms with Crippen LogP contribution in [0.15, 0.2) is 18.2 Å². The first-order valence-corrected chi connectivity index (χ1v) is 8.18. The summed E-state index contributed by atoms with van der Waals surface area (Å²) >= 11 is 0. The Balaban J connectivity index is 1.50. The fourth-order valence-electron chi connectivity index (χ4n) is 3.00. The van der Waals surface area contributed by atoms with Crippen molar-refractivity contribution < 1.29 is 14.3 Å². The first-order chi connectivity index (χ1) is 11.1. The number of rotatable bonds is 4. The highest BCUT2D eigenvalue weighted by Crippen LogP contribution is 2.26. The predicted octanol–water partition coefficient (Wildman–Crippen LogP) is 2.60. The van der Waals surface area contributed by atoms with Crippen LogP contribution in [0.3, 0.4) is 0 Å². The van der Waals surface area contributed by atoms with Crippen molar-refractivity contribution >= 4 is 23.3 Å². The molecular weight excluding hydrogens is 294 g/mol. The Morgan fingerprint density at radius 2 is 2.30 bits per heavy atom. The second-order valence-corrected chi connectivity index (χ2v) is 6.23. The van der Waals surface area contributed by atoms with E-state index in [1.807, 2.05) is 12.1 Å². The molecular formula is C17H23N3O3. The molecule has 124 valence electrons. The number of urea groups is 1. The van der Waals surface area contributed by atoms with E-state index in [2.05, 4.69) is 10.6 Å². The lowest BCUT2D eigenvalue weighted by Gasteiger charge is -2.25. The van der Waals surface area contributed by atoms with Gasteiger partial charge in [0.05, 0.1) is 12.5 Å². The second kappa shape index (κ2) is 7.00. The molecule has 0 radical (unpaired) electrons. The first kappa shape index (κ1) is 15.8. The number of fused-ring (bicyclic) bond motifs is 1. The fraction of sp³-hybridized carbons (Fsp3) is 0.529. The van der Waals surface area contributed by atoms with E-state index < -0.39 is 0 Å². The molecule has 6 nitrogen and oxygen atoms in total. The number of carbonyl (C=O) groups excluding carboxylic acids is 2. The summed E-state index contributed by atoms with van der Waals surface area (Å²) in [5.74, 6) is -0.00641. The van der Waals surface area contributed by atoms with Crippen LogP contribution in [0.4, 0.5) is 16.2 Å². The molecule has 2 aliphatic rings. The highest BCUT2D eigenvalue weighted by atomic mass is 16.5. The molecule has 1 fully saturated rings. The van der Waals surface area contributed by atoms with Gasteiger partial charge in [0.1, 0.15) is 0 Å². The fourth-order valence-corrected chi connectivity index (χ4v) is 3.00. The van der Waals surface area contributed by atoms with Crippen molar-refractivity contribution in [2.24, 2.45) is 0 Å². The number of hydrogen-bond acceptors (Lipinski definition) is 3. The summed E-state index contributed by atoms with van der Waals surface area (Å²) in [5.41, 5.74) is 2.47. The molecule has 0 saturated carbocycles. The Kier molecular flexibility index (Phi) is 4.81. The van der Waals surface area contributed by atoms with Crippen molar-refractivity contribution in [1.82, 2.24) is 4.90 Å². The molecule has 1 aromatic carbocycles. The number of hydrogen-bond donors (Lipinski definition) is 2. The SMILES string of the molecule is CN(CCC1CCCCO1)C(=O)Nc1ccc2c(c1)CC(=O)N2. The van der Waals surface area contributed by atoms with E-state index in [0.29, 0.717) is 18.7 Å². The summed E-state index contributed by atoms with van der Waals surface area (Å²) in [7, 11) is 1.79. The van der Waals surface area contributed by atoms with Gasteiger partial charge in [0.2, 0.25) is 5.91 Å². The molecule has 3 rings (SSSR count). The maximum Gasteiger partial charge on any atom is 0.321 e. The van der Waals surface area contributed by atoms with Gasteiger partial charge < -0.3 is 20.3 Å². The normalized spacial score (nSPS) is 19.9. The summed E-state index contributed by atoms with van der Waals surface area (Å²) in [6.07, 6.45) is 4.95. The van der Waals surface area contributed by atoms with Gasteiger partial charge in [-0.3, -0.25) is 4.79 Å². The average molecular weight is 317 g/mol. The van der Waals surface area contributed by atoms with Gasteiger partial charge in [0.15, 0.2) is 0 Å². The summed E-state index contributed by atoms with van der Waals surface area (Å²) in [5, 5.41) is 5.66. The smallest absolute Gasteiger partial charge is 0.321 e. The maximum atomic E-state index is 12.2. The number of amides is 3. The number of carbonyl (C=O) groups is 2. The van der Waals surface area contributed by atoms with Gasteiger partial charge in [-0.05, 0) is 49.4 Å². The van der Waals surface area contributed by atoms with E-state index in [1.54, 1.807) is 18.0 Å². The third-order valence-corrected chi connectivity index (χ3v) is 4.39. The van der Waals surface area contributed by atoms with E-state index in [1.165, 1.54) is 6.42 Å². The van der Waals surface area contributed by atoms with Crippen LogP contribution in [0.5, 0.6) is 0 Å². The minimum absolute atomic E-state index is 0.00641. The Bertz CT molecular complexity index is 597. The lowest BCUT2D eigenvalue weighted by Crippen LogP contribution is -2.34. The quantitative estimate of drug-likeness (QED) is 0.897. The molecule has 3 amide bonds. The molecule has 0 bridgehead atoms. The van der Waals surface area contributed by atoms with E-state index in [4.69, 9.17) is 4.74 Å². The zero-order chi connectivity index (χ0) is 16.2. The number of anilines is 2. The largest absolute Gasteiger partial charge is 0.378 e. The van der Waals surface area contributed by atoms with Gasteiger partial charge >= 0.3 is 6.03 Å². The second-order valence-electron chi connectivity index (χ2n) is 6.23. The van der Waals surface area contributed by atoms with Crippen LogP contribution in [-0.4, -0.2) is 43.1 Å². The molecule has 2 N–H and O–H groups in total. The van der Waals surface area contributed by atoms with Crippen LogP contribution in [0.2, 0.25) is 0 Å². The Labute approximate surface area is 136 Å². The third kappa shape index (κ3) is 4.01. The molecule has 23 heavy (non-hydrogen) atoms. The average Bonchev–Trinajstić information content (AvgIpc) is 2.92. The van der Waals surface area contributed by atoms with Crippen molar-refractivity contribution in [2.75, 3.05) is 30.8 Å². The summed E-state index contributed by atoms with van der Waals surface area (Å²) < 4.78 is 5.69. The number of nitrogens with one attached hydrogen (secondary N) is 2. The van der Waals surface area contributed by atoms with Crippen LogP contribution in [-0.2, 0) is 16.0 Å². The highest BCUT2D eigenvalue weighted by Gasteiger charge is 2.19. The van der Waals surface area contributed by atoms with Gasteiger partial charge in [-0.2, -0.15) is 0 Å². The molecule has 1 atom stereocenters. The number of benzene rings is 1. The van der Waals surface area contributed by atoms with E-state index in [-0.39, 0.29) is 18.0 Å². The number of nitrogens with zero attached hydrogens (tertiary/aromatic N) is 1. The molecule has 1 unspecified atom stereocenters. The third-order valence-electron chi connectivity index (χ3n) is 4.39. The van der Waals surface area contributed by atoms with Gasteiger partial charge in [-0.25, -0.2) is 4.79 Å². The van der Waals surface area contributed by atoms with Crippen LogP contribution in [0, 0.1) is 0 Å². The Morgan fingerprint density at radius 3 is 3.09 bits per heavy atom. The summed E-state index contributed by atoms with van der Waals surface area (Å²) in [4.78, 5) is 25.3. The molecule has 1 saturated heterocycles. The molecule has 2 aliphatic heterocycles. The van der Waals surface area contributed by atoms with Gasteiger partial charge in [0, 0.05) is 31.6 Å². The van der Waals surface area contributed by atoms with Crippen LogP contribution >= 0.6 is 0 Å². The zero-order valence-electron chi connectivity index (χ0n) is 13.4. The van der Waals surface area contributed by atoms with E-state index in [9.17, 15) is 9.59 Å². The van der Waals surface area contributed by atoms with Crippen molar-refractivity contribution in [1.29, 1.82) is 0 Å². The van der Waals surface area contributed by atoms with Crippen molar-refractivity contribution in [3.63, 3.8) is 0 Å². The first-order valence-electron chi connectivity index (χ1n) is 8.18. The molecule has 2 heterocycles.